The maximum absolute atomic E-state index is 14.0. The average Bonchev–Trinajstić information content (AvgIpc) is 3.80. The number of nitrogens with one attached hydrogen (secondary N) is 5. The smallest absolute Gasteiger partial charge is 0.323 e. The van der Waals surface area contributed by atoms with Gasteiger partial charge in [0.05, 0.1) is 17.0 Å². The van der Waals surface area contributed by atoms with Crippen molar-refractivity contribution in [1.29, 1.82) is 0 Å². The van der Waals surface area contributed by atoms with Crippen molar-refractivity contribution in [1.82, 2.24) is 49.5 Å². The van der Waals surface area contributed by atoms with Crippen LogP contribution in [0.25, 0.3) is 10.9 Å². The molecular formula is C48H73N11O7S. The van der Waals surface area contributed by atoms with Crippen molar-refractivity contribution < 1.29 is 27.9 Å². The monoisotopic (exact) mass is 948 g/mol. The number of sulfonamides is 1. The van der Waals surface area contributed by atoms with Crippen molar-refractivity contribution in [2.24, 2.45) is 0 Å². The molecule has 5 rings (SSSR count). The molecule has 3 heterocycles. The van der Waals surface area contributed by atoms with E-state index in [0.717, 1.165) is 102 Å². The van der Waals surface area contributed by atoms with Gasteiger partial charge < -0.3 is 45.3 Å². The van der Waals surface area contributed by atoms with Gasteiger partial charge in [-0.3, -0.25) is 24.1 Å². The first-order valence-electron chi connectivity index (χ1n) is 23.8. The van der Waals surface area contributed by atoms with Gasteiger partial charge >= 0.3 is 5.97 Å². The second-order valence-corrected chi connectivity index (χ2v) is 19.3. The highest BCUT2D eigenvalue weighted by molar-refractivity contribution is 7.89. The molecule has 0 bridgehead atoms. The van der Waals surface area contributed by atoms with Gasteiger partial charge in [-0.05, 0) is 94.9 Å². The molecule has 1 fully saturated rings. The Kier molecular flexibility index (Phi) is 20.3. The Hall–Kier alpha value is -5.18. The van der Waals surface area contributed by atoms with Gasteiger partial charge in [-0.25, -0.2) is 13.4 Å². The van der Waals surface area contributed by atoms with Crippen molar-refractivity contribution in [3.05, 3.63) is 87.0 Å². The van der Waals surface area contributed by atoms with Crippen LogP contribution in [0.3, 0.4) is 0 Å². The van der Waals surface area contributed by atoms with Crippen LogP contribution in [-0.4, -0.2) is 163 Å². The zero-order valence-corrected chi connectivity index (χ0v) is 41.1. The average molecular weight is 948 g/mol. The number of H-pyrrole nitrogens is 1. The summed E-state index contributed by atoms with van der Waals surface area (Å²) in [6.45, 7) is 23.1. The lowest BCUT2D eigenvalue weighted by Gasteiger charge is -2.34. The normalized spacial score (nSPS) is 15.7. The van der Waals surface area contributed by atoms with Crippen LogP contribution in [0.5, 0.6) is 0 Å². The predicted octanol–water partition coefficient (Wildman–Crippen LogP) is 3.38. The molecule has 1 unspecified atom stereocenters. The van der Waals surface area contributed by atoms with Crippen molar-refractivity contribution >= 4 is 44.7 Å². The molecule has 1 atom stereocenters. The Morgan fingerprint density at radius 1 is 0.806 bits per heavy atom. The molecule has 0 saturated carbocycles. The molecule has 2 aromatic carbocycles. The number of imidazole rings is 1. The zero-order chi connectivity index (χ0) is 48.5. The topological polar surface area (TPSA) is 217 Å². The third-order valence-corrected chi connectivity index (χ3v) is 13.9. The van der Waals surface area contributed by atoms with E-state index in [-0.39, 0.29) is 28.3 Å². The highest BCUT2D eigenvalue weighted by Crippen LogP contribution is 2.22. The molecule has 1 aliphatic heterocycles. The van der Waals surface area contributed by atoms with Crippen LogP contribution in [0.1, 0.15) is 79.1 Å². The molecule has 6 N–H and O–H groups in total. The SMILES string of the molecule is CCCN1CCN(CCC)CCN(CC(=O)NCCCn2cc(C(=O)NCC(NS(=O)(=O)c3c(C)cc(C)cc3C)C(=O)O)c(=O)c3ccc(CNc4ncc[nH]4)cc32)CCN(CCC)CC1. The molecule has 0 spiro atoms. The molecule has 2 amide bonds. The Morgan fingerprint density at radius 2 is 1.39 bits per heavy atom. The van der Waals surface area contributed by atoms with Gasteiger partial charge in [0.25, 0.3) is 5.91 Å². The molecule has 1 saturated heterocycles. The molecule has 67 heavy (non-hydrogen) atoms. The number of carboxylic acids is 1. The summed E-state index contributed by atoms with van der Waals surface area (Å²) < 4.78 is 30.9. The van der Waals surface area contributed by atoms with Crippen LogP contribution in [0.15, 0.2) is 58.6 Å². The molecule has 0 aliphatic carbocycles. The molecular weight excluding hydrogens is 875 g/mol. The standard InChI is InChI=1S/C48H73N11O7S/c1-7-16-55-20-22-56(17-8-2)24-26-58(27-25-57(18-9-3)23-21-55)34-43(60)49-13-10-19-59-33-40(44(61)39-12-11-38(30-42(39)59)31-53-48-50-14-15-51-48)46(62)52-32-41(47(63)64)54-67(65,66)45-36(5)28-35(4)29-37(45)6/h11-12,14-15,28-30,33,41,54H,7-10,13,16-27,31-32,34H2,1-6H3,(H,49,60)(H,52,62)(H,63,64)(H2,50,51,53). The first-order valence-corrected chi connectivity index (χ1v) is 25.3. The van der Waals surface area contributed by atoms with Gasteiger partial charge in [-0.2, -0.15) is 4.72 Å². The summed E-state index contributed by atoms with van der Waals surface area (Å²) in [5.74, 6) is -1.85. The number of aromatic amines is 1. The van der Waals surface area contributed by atoms with E-state index in [0.29, 0.717) is 48.6 Å². The number of fused-ring (bicyclic) bond motifs is 1. The number of aromatic nitrogens is 3. The maximum Gasteiger partial charge on any atom is 0.323 e. The zero-order valence-electron chi connectivity index (χ0n) is 40.3. The Labute approximate surface area is 395 Å². The second kappa shape index (κ2) is 25.8. The van der Waals surface area contributed by atoms with Crippen molar-refractivity contribution in [2.75, 3.05) is 96.9 Å². The summed E-state index contributed by atoms with van der Waals surface area (Å²) in [7, 11) is -4.31. The lowest BCUT2D eigenvalue weighted by molar-refractivity contribution is -0.138. The number of rotatable bonds is 22. The van der Waals surface area contributed by atoms with Gasteiger partial charge in [0.1, 0.15) is 11.6 Å². The van der Waals surface area contributed by atoms with Gasteiger partial charge in [-0.15, -0.1) is 0 Å². The Morgan fingerprint density at radius 3 is 1.93 bits per heavy atom. The number of benzene rings is 2. The van der Waals surface area contributed by atoms with Gasteiger partial charge in [-0.1, -0.05) is 44.5 Å². The highest BCUT2D eigenvalue weighted by atomic mass is 32.2. The van der Waals surface area contributed by atoms with Crippen LogP contribution in [-0.2, 0) is 32.7 Å². The third-order valence-electron chi connectivity index (χ3n) is 12.1. The number of pyridine rings is 1. The lowest BCUT2D eigenvalue weighted by atomic mass is 10.1. The van der Waals surface area contributed by atoms with Crippen LogP contribution < -0.4 is 26.1 Å². The first kappa shape index (κ1) is 52.8. The van der Waals surface area contributed by atoms with Crippen molar-refractivity contribution in [3.63, 3.8) is 0 Å². The van der Waals surface area contributed by atoms with Crippen LogP contribution in [0, 0.1) is 20.8 Å². The Balaban J connectivity index is 1.29. The van der Waals surface area contributed by atoms with E-state index in [4.69, 9.17) is 0 Å². The number of amides is 2. The van der Waals surface area contributed by atoms with E-state index in [1.807, 2.05) is 13.0 Å². The lowest BCUT2D eigenvalue weighted by Crippen LogP contribution is -2.49. The molecule has 19 heteroatoms. The summed E-state index contributed by atoms with van der Waals surface area (Å²) in [6, 6.07) is 6.94. The second-order valence-electron chi connectivity index (χ2n) is 17.7. The summed E-state index contributed by atoms with van der Waals surface area (Å²) in [5, 5.41) is 19.1. The molecule has 0 radical (unpaired) electrons. The predicted molar refractivity (Wildman–Crippen MR) is 263 cm³/mol. The van der Waals surface area contributed by atoms with E-state index < -0.39 is 39.9 Å². The molecule has 1 aliphatic rings. The van der Waals surface area contributed by atoms with E-state index in [2.05, 4.69) is 71.0 Å². The summed E-state index contributed by atoms with van der Waals surface area (Å²) in [6.07, 6.45) is 8.53. The van der Waals surface area contributed by atoms with Gasteiger partial charge in [0.2, 0.25) is 21.4 Å². The third kappa shape index (κ3) is 15.7. The molecule has 18 nitrogen and oxygen atoms in total. The van der Waals surface area contributed by atoms with E-state index in [9.17, 15) is 32.7 Å². The Bertz CT molecular complexity index is 2380. The number of hydrogen-bond donors (Lipinski definition) is 6. The molecule has 368 valence electrons. The molecule has 2 aromatic heterocycles. The minimum atomic E-state index is -4.31. The molecule has 4 aromatic rings. The van der Waals surface area contributed by atoms with Crippen LogP contribution in [0.2, 0.25) is 0 Å². The number of nitrogens with zero attached hydrogens (tertiary/aromatic N) is 6. The van der Waals surface area contributed by atoms with Crippen molar-refractivity contribution in [2.45, 2.75) is 91.3 Å². The minimum absolute atomic E-state index is 0.0339. The number of carbonyl (C=O) groups is 3. The number of carbonyl (C=O) groups excluding carboxylic acids is 2. The van der Waals surface area contributed by atoms with Gasteiger partial charge in [0.15, 0.2) is 5.95 Å². The van der Waals surface area contributed by atoms with Gasteiger partial charge in [0, 0.05) is 103 Å². The van der Waals surface area contributed by atoms with E-state index >= 15 is 0 Å². The highest BCUT2D eigenvalue weighted by Gasteiger charge is 2.29. The number of hydrogen-bond acceptors (Lipinski definition) is 12. The quantitative estimate of drug-likeness (QED) is 0.0624. The first-order chi connectivity index (χ1) is 32.1. The fourth-order valence-electron chi connectivity index (χ4n) is 8.84. The number of aryl methyl sites for hydroxylation is 4. The van der Waals surface area contributed by atoms with Crippen molar-refractivity contribution in [3.8, 4) is 0 Å². The summed E-state index contributed by atoms with van der Waals surface area (Å²) >= 11 is 0. The van der Waals surface area contributed by atoms with Crippen LogP contribution in [0.4, 0.5) is 5.95 Å². The fourth-order valence-corrected chi connectivity index (χ4v) is 10.5. The number of carboxylic acid groups (broad SMARTS) is 1. The number of aliphatic carboxylic acids is 1. The fraction of sp³-hybridized carbons (Fsp3) is 0.562. The minimum Gasteiger partial charge on any atom is -0.480 e. The largest absolute Gasteiger partial charge is 0.480 e. The maximum atomic E-state index is 14.0. The summed E-state index contributed by atoms with van der Waals surface area (Å²) in [5.41, 5.74) is 2.37. The van der Waals surface area contributed by atoms with Crippen LogP contribution >= 0.6 is 0 Å². The number of anilines is 1. The van der Waals surface area contributed by atoms with E-state index in [1.54, 1.807) is 55.1 Å². The summed E-state index contributed by atoms with van der Waals surface area (Å²) in [4.78, 5) is 70.7. The van der Waals surface area contributed by atoms with E-state index in [1.165, 1.54) is 6.20 Å².